The Balaban J connectivity index is 1.50. The van der Waals surface area contributed by atoms with Crippen molar-refractivity contribution in [2.24, 2.45) is 0 Å². The van der Waals surface area contributed by atoms with Gasteiger partial charge < -0.3 is 10.2 Å². The van der Waals surface area contributed by atoms with Crippen LogP contribution >= 0.6 is 0 Å². The Morgan fingerprint density at radius 3 is 2.14 bits per heavy atom. The van der Waals surface area contributed by atoms with Gasteiger partial charge in [-0.3, -0.25) is 9.69 Å². The number of carbonyl (C=O) groups excluding carboxylic acids is 1. The number of halogens is 6. The molecule has 1 amide bonds. The van der Waals surface area contributed by atoms with E-state index in [2.05, 4.69) is 10.2 Å². The highest BCUT2D eigenvalue weighted by Gasteiger charge is 2.38. The van der Waals surface area contributed by atoms with Crippen molar-refractivity contribution in [1.82, 2.24) is 15.1 Å². The molecule has 0 aromatic heterocycles. The van der Waals surface area contributed by atoms with Crippen LogP contribution in [0.1, 0.15) is 53.1 Å². The van der Waals surface area contributed by atoms with E-state index < -0.39 is 42.0 Å². The molecule has 1 N–H and O–H groups in total. The van der Waals surface area contributed by atoms with E-state index in [9.17, 15) is 31.1 Å². The Labute approximate surface area is 199 Å². The number of hydrogen-bond donors (Lipinski definition) is 1. The molecule has 1 atom stereocenters. The average Bonchev–Trinajstić information content (AvgIpc) is 3.19. The molecular formula is C25H27F6N3O. The minimum absolute atomic E-state index is 0.0842. The lowest BCUT2D eigenvalue weighted by molar-refractivity contribution is -0.143. The molecule has 190 valence electrons. The van der Waals surface area contributed by atoms with E-state index in [-0.39, 0.29) is 11.6 Å². The third-order valence-electron chi connectivity index (χ3n) is 6.60. The lowest BCUT2D eigenvalue weighted by Crippen LogP contribution is -2.41. The van der Waals surface area contributed by atoms with Gasteiger partial charge in [0, 0.05) is 26.2 Å². The molecule has 0 spiro atoms. The van der Waals surface area contributed by atoms with Crippen LogP contribution in [0.5, 0.6) is 0 Å². The van der Waals surface area contributed by atoms with Crippen LogP contribution < -0.4 is 5.32 Å². The number of rotatable bonds is 6. The van der Waals surface area contributed by atoms with Gasteiger partial charge in [-0.05, 0) is 60.8 Å². The summed E-state index contributed by atoms with van der Waals surface area (Å²) >= 11 is 0. The summed E-state index contributed by atoms with van der Waals surface area (Å²) in [6, 6.07) is 8.19. The summed E-state index contributed by atoms with van der Waals surface area (Å²) in [5, 5.41) is 2.58. The number of nitrogens with zero attached hydrogens (tertiary/aromatic N) is 2. The van der Waals surface area contributed by atoms with Crippen LogP contribution in [0.4, 0.5) is 26.3 Å². The number of hydrogen-bond acceptors (Lipinski definition) is 3. The van der Waals surface area contributed by atoms with E-state index >= 15 is 0 Å². The van der Waals surface area contributed by atoms with Gasteiger partial charge in [-0.25, -0.2) is 0 Å². The minimum Gasteiger partial charge on any atom is -0.350 e. The predicted octanol–water partition coefficient (Wildman–Crippen LogP) is 5.38. The molecule has 4 nitrogen and oxygen atoms in total. The van der Waals surface area contributed by atoms with Gasteiger partial charge in [0.05, 0.1) is 11.1 Å². The molecule has 0 bridgehead atoms. The number of carbonyl (C=O) groups is 1. The van der Waals surface area contributed by atoms with Gasteiger partial charge in [0.1, 0.15) is 6.04 Å². The first-order valence-corrected chi connectivity index (χ1v) is 11.6. The summed E-state index contributed by atoms with van der Waals surface area (Å²) in [6.07, 6.45) is -6.38. The minimum atomic E-state index is -4.93. The molecule has 2 aliphatic heterocycles. The van der Waals surface area contributed by atoms with E-state index in [0.29, 0.717) is 25.2 Å². The van der Waals surface area contributed by atoms with Gasteiger partial charge >= 0.3 is 12.4 Å². The molecule has 2 aromatic carbocycles. The molecule has 1 fully saturated rings. The number of nitrogens with one attached hydrogen (secondary N) is 1. The largest absolute Gasteiger partial charge is 0.416 e. The molecule has 2 aliphatic rings. The Hall–Kier alpha value is -2.59. The highest BCUT2D eigenvalue weighted by Crippen LogP contribution is 2.37. The molecule has 1 unspecified atom stereocenters. The molecule has 0 radical (unpaired) electrons. The second kappa shape index (κ2) is 10.2. The molecule has 10 heteroatoms. The molecular weight excluding hydrogens is 472 g/mol. The van der Waals surface area contributed by atoms with Gasteiger partial charge in [-0.2, -0.15) is 26.3 Å². The van der Waals surface area contributed by atoms with E-state index in [4.69, 9.17) is 0 Å². The van der Waals surface area contributed by atoms with Crippen molar-refractivity contribution in [3.8, 4) is 0 Å². The summed E-state index contributed by atoms with van der Waals surface area (Å²) in [5.41, 5.74) is -1.25. The van der Waals surface area contributed by atoms with E-state index in [1.165, 1.54) is 6.42 Å². The second-order valence-corrected chi connectivity index (χ2v) is 9.11. The number of amides is 1. The maximum atomic E-state index is 13.2. The van der Waals surface area contributed by atoms with E-state index in [1.807, 2.05) is 29.2 Å². The number of piperidine rings is 1. The fraction of sp³-hybridized carbons (Fsp3) is 0.480. The summed E-state index contributed by atoms with van der Waals surface area (Å²) < 4.78 is 79.0. The Morgan fingerprint density at radius 2 is 1.51 bits per heavy atom. The van der Waals surface area contributed by atoms with Gasteiger partial charge in [-0.1, -0.05) is 30.7 Å². The molecule has 0 saturated carbocycles. The number of likely N-dealkylation sites (tertiary alicyclic amines) is 1. The normalized spacial score (nSPS) is 19.5. The van der Waals surface area contributed by atoms with Crippen LogP contribution in [0.15, 0.2) is 42.5 Å². The third kappa shape index (κ3) is 6.16. The number of benzene rings is 2. The SMILES string of the molecule is O=C(NCc1cc(C(F)(F)F)cc(C(F)(F)F)c1)C1c2ccccc2CN1CCN1CCCCC1. The zero-order valence-electron chi connectivity index (χ0n) is 19.1. The zero-order valence-corrected chi connectivity index (χ0v) is 19.1. The summed E-state index contributed by atoms with van der Waals surface area (Å²) in [4.78, 5) is 17.6. The van der Waals surface area contributed by atoms with Crippen molar-refractivity contribution in [2.45, 2.75) is 50.7 Å². The second-order valence-electron chi connectivity index (χ2n) is 9.11. The average molecular weight is 499 g/mol. The van der Waals surface area contributed by atoms with Crippen molar-refractivity contribution >= 4 is 5.91 Å². The molecule has 4 rings (SSSR count). The molecule has 2 heterocycles. The van der Waals surface area contributed by atoms with Gasteiger partial charge in [0.25, 0.3) is 0 Å². The van der Waals surface area contributed by atoms with E-state index in [0.717, 1.165) is 43.6 Å². The van der Waals surface area contributed by atoms with Crippen molar-refractivity contribution < 1.29 is 31.1 Å². The Morgan fingerprint density at radius 1 is 0.886 bits per heavy atom. The van der Waals surface area contributed by atoms with Crippen molar-refractivity contribution in [2.75, 3.05) is 26.2 Å². The first-order chi connectivity index (χ1) is 16.5. The highest BCUT2D eigenvalue weighted by molar-refractivity contribution is 5.84. The van der Waals surface area contributed by atoms with Gasteiger partial charge in [0.15, 0.2) is 0 Å². The lowest BCUT2D eigenvalue weighted by Gasteiger charge is -2.30. The van der Waals surface area contributed by atoms with Crippen LogP contribution in [-0.4, -0.2) is 41.9 Å². The predicted molar refractivity (Wildman–Crippen MR) is 118 cm³/mol. The smallest absolute Gasteiger partial charge is 0.350 e. The molecule has 1 saturated heterocycles. The zero-order chi connectivity index (χ0) is 25.2. The molecule has 0 aliphatic carbocycles. The number of fused-ring (bicyclic) bond motifs is 1. The van der Waals surface area contributed by atoms with Gasteiger partial charge in [-0.15, -0.1) is 0 Å². The number of alkyl halides is 6. The summed E-state index contributed by atoms with van der Waals surface area (Å²) in [5.74, 6) is -0.445. The Bertz CT molecular complexity index is 1010. The van der Waals surface area contributed by atoms with Crippen molar-refractivity contribution in [3.05, 3.63) is 70.3 Å². The van der Waals surface area contributed by atoms with E-state index in [1.54, 1.807) is 0 Å². The Kier molecular flexibility index (Phi) is 7.42. The maximum Gasteiger partial charge on any atom is 0.416 e. The maximum absolute atomic E-state index is 13.2. The van der Waals surface area contributed by atoms with Crippen LogP contribution in [0.3, 0.4) is 0 Å². The molecule has 2 aromatic rings. The monoisotopic (exact) mass is 499 g/mol. The fourth-order valence-electron chi connectivity index (χ4n) is 4.83. The van der Waals surface area contributed by atoms with Crippen LogP contribution in [0, 0.1) is 0 Å². The summed E-state index contributed by atoms with van der Waals surface area (Å²) in [7, 11) is 0. The fourth-order valence-corrected chi connectivity index (χ4v) is 4.83. The van der Waals surface area contributed by atoms with Crippen LogP contribution in [-0.2, 0) is 30.2 Å². The van der Waals surface area contributed by atoms with Gasteiger partial charge in [0.2, 0.25) is 5.91 Å². The quantitative estimate of drug-likeness (QED) is 0.542. The topological polar surface area (TPSA) is 35.6 Å². The first kappa shape index (κ1) is 25.5. The van der Waals surface area contributed by atoms with Crippen LogP contribution in [0.2, 0.25) is 0 Å². The first-order valence-electron chi connectivity index (χ1n) is 11.6. The standard InChI is InChI=1S/C25H27F6N3O/c26-24(27,28)19-12-17(13-20(14-19)25(29,30)31)15-32-23(35)22-21-7-3-2-6-18(21)16-34(22)11-10-33-8-4-1-5-9-33/h2-3,6-7,12-14,22H,1,4-5,8-11,15-16H2,(H,32,35). The molecule has 35 heavy (non-hydrogen) atoms. The summed E-state index contributed by atoms with van der Waals surface area (Å²) in [6.45, 7) is 3.56. The third-order valence-corrected chi connectivity index (χ3v) is 6.60. The highest BCUT2D eigenvalue weighted by atomic mass is 19.4. The van der Waals surface area contributed by atoms with Crippen LogP contribution in [0.25, 0.3) is 0 Å². The van der Waals surface area contributed by atoms with Crippen molar-refractivity contribution in [1.29, 1.82) is 0 Å². The van der Waals surface area contributed by atoms with Crippen molar-refractivity contribution in [3.63, 3.8) is 0 Å². The lowest BCUT2D eigenvalue weighted by atomic mass is 10.0.